The van der Waals surface area contributed by atoms with Crippen LogP contribution in [0.4, 0.5) is 0 Å². The molecule has 8 nitrogen and oxygen atoms in total. The highest BCUT2D eigenvalue weighted by Crippen LogP contribution is 2.15. The van der Waals surface area contributed by atoms with Crippen LogP contribution in [-0.4, -0.2) is 64.2 Å². The molecule has 3 rings (SSSR count). The third-order valence-corrected chi connectivity index (χ3v) is 3.56. The van der Waals surface area contributed by atoms with Crippen LogP contribution in [0.2, 0.25) is 0 Å². The Balaban J connectivity index is 1.56. The van der Waals surface area contributed by atoms with Crippen molar-refractivity contribution in [1.82, 2.24) is 31.3 Å². The zero-order chi connectivity index (χ0) is 15.3. The Kier molecular flexibility index (Phi) is 4.74. The molecular formula is C14H20N6O2. The molecule has 2 heterocycles. The molecule has 0 bridgehead atoms. The first-order valence-corrected chi connectivity index (χ1v) is 7.30. The number of aromatic nitrogens is 4. The van der Waals surface area contributed by atoms with Gasteiger partial charge in [-0.15, -0.1) is 10.2 Å². The number of nitrogens with zero attached hydrogens (tertiary/aromatic N) is 3. The van der Waals surface area contributed by atoms with Gasteiger partial charge >= 0.3 is 0 Å². The van der Waals surface area contributed by atoms with Crippen LogP contribution < -0.4 is 10.6 Å². The molecule has 1 fully saturated rings. The molecule has 0 aliphatic carbocycles. The summed E-state index contributed by atoms with van der Waals surface area (Å²) in [6, 6.07) is 7.91. The van der Waals surface area contributed by atoms with E-state index >= 15 is 0 Å². The number of aromatic amines is 1. The quantitative estimate of drug-likeness (QED) is 0.579. The van der Waals surface area contributed by atoms with Crippen LogP contribution in [0.5, 0.6) is 0 Å². The van der Waals surface area contributed by atoms with Gasteiger partial charge in [-0.25, -0.2) is 0 Å². The average molecular weight is 304 g/mol. The van der Waals surface area contributed by atoms with Crippen LogP contribution in [0.15, 0.2) is 24.3 Å². The van der Waals surface area contributed by atoms with Gasteiger partial charge in [0.25, 0.3) is 0 Å². The molecule has 2 aromatic rings. The van der Waals surface area contributed by atoms with Crippen molar-refractivity contribution in [2.75, 3.05) is 32.8 Å². The molecule has 1 saturated heterocycles. The Labute approximate surface area is 128 Å². The van der Waals surface area contributed by atoms with Crippen molar-refractivity contribution in [3.05, 3.63) is 29.8 Å². The molecule has 118 valence electrons. The summed E-state index contributed by atoms with van der Waals surface area (Å²) < 4.78 is 5.40. The molecule has 1 aromatic heterocycles. The van der Waals surface area contributed by atoms with Gasteiger partial charge in [0.15, 0.2) is 0 Å². The summed E-state index contributed by atoms with van der Waals surface area (Å²) in [4.78, 5) is 0. The van der Waals surface area contributed by atoms with E-state index in [1.54, 1.807) is 0 Å². The van der Waals surface area contributed by atoms with Crippen molar-refractivity contribution >= 4 is 0 Å². The van der Waals surface area contributed by atoms with Gasteiger partial charge in [-0.2, -0.15) is 5.21 Å². The normalized spacial score (nSPS) is 22.4. The van der Waals surface area contributed by atoms with Gasteiger partial charge in [-0.05, 0) is 16.8 Å². The predicted octanol–water partition coefficient (Wildman–Crippen LogP) is -0.693. The van der Waals surface area contributed by atoms with Crippen LogP contribution in [0.25, 0.3) is 11.4 Å². The third kappa shape index (κ3) is 3.86. The largest absolute Gasteiger partial charge is 0.385 e. The standard InChI is InChI=1S/C14H20N6O2/c21-14(8-15-4-5-22-10-14)9-16-7-11-2-1-3-12(6-11)13-17-19-20-18-13/h1-3,6,15-16,21H,4-5,7-10H2,(H,17,18,19,20). The minimum Gasteiger partial charge on any atom is -0.385 e. The molecule has 1 aromatic carbocycles. The van der Waals surface area contributed by atoms with E-state index in [1.165, 1.54) is 0 Å². The van der Waals surface area contributed by atoms with E-state index in [0.717, 1.165) is 17.7 Å². The second-order valence-corrected chi connectivity index (χ2v) is 5.49. The number of aliphatic hydroxyl groups is 1. The minimum absolute atomic E-state index is 0.343. The van der Waals surface area contributed by atoms with E-state index in [1.807, 2.05) is 24.3 Å². The van der Waals surface area contributed by atoms with E-state index in [-0.39, 0.29) is 0 Å². The maximum absolute atomic E-state index is 10.5. The highest BCUT2D eigenvalue weighted by Gasteiger charge is 2.28. The molecule has 0 spiro atoms. The SMILES string of the molecule is OC1(CNCc2cccc(-c3nn[nH]n3)c2)CNCCOC1. The van der Waals surface area contributed by atoms with Crippen molar-refractivity contribution in [2.45, 2.75) is 12.1 Å². The van der Waals surface area contributed by atoms with Crippen LogP contribution >= 0.6 is 0 Å². The van der Waals surface area contributed by atoms with Crippen LogP contribution in [0.3, 0.4) is 0 Å². The average Bonchev–Trinajstić information content (AvgIpc) is 2.98. The summed E-state index contributed by atoms with van der Waals surface area (Å²) in [5.74, 6) is 0.571. The molecule has 1 atom stereocenters. The van der Waals surface area contributed by atoms with Gasteiger partial charge < -0.3 is 20.5 Å². The number of rotatable bonds is 5. The monoisotopic (exact) mass is 304 g/mol. The predicted molar refractivity (Wildman–Crippen MR) is 80.0 cm³/mol. The van der Waals surface area contributed by atoms with E-state index in [2.05, 4.69) is 31.3 Å². The first-order valence-electron chi connectivity index (χ1n) is 7.30. The first kappa shape index (κ1) is 15.0. The molecule has 1 aliphatic heterocycles. The fourth-order valence-corrected chi connectivity index (χ4v) is 2.44. The number of H-pyrrole nitrogens is 1. The molecule has 0 saturated carbocycles. The number of ether oxygens (including phenoxy) is 1. The molecule has 8 heteroatoms. The number of nitrogens with one attached hydrogen (secondary N) is 3. The fraction of sp³-hybridized carbons (Fsp3) is 0.500. The molecule has 0 radical (unpaired) electrons. The second kappa shape index (κ2) is 6.93. The summed E-state index contributed by atoms with van der Waals surface area (Å²) in [5.41, 5.74) is 1.13. The summed E-state index contributed by atoms with van der Waals surface area (Å²) in [5, 5.41) is 30.9. The van der Waals surface area contributed by atoms with Crippen molar-refractivity contribution in [1.29, 1.82) is 0 Å². The van der Waals surface area contributed by atoms with Crippen LogP contribution in [0, 0.1) is 0 Å². The summed E-state index contributed by atoms with van der Waals surface area (Å²) in [6.07, 6.45) is 0. The number of β-amino-alcohol motifs (C(OH)–C–C–N with tert-alkyl or cyclic N) is 1. The fourth-order valence-electron chi connectivity index (χ4n) is 2.44. The lowest BCUT2D eigenvalue weighted by atomic mass is 10.1. The molecular weight excluding hydrogens is 284 g/mol. The molecule has 1 aliphatic rings. The molecule has 1 unspecified atom stereocenters. The lowest BCUT2D eigenvalue weighted by Gasteiger charge is -2.26. The summed E-state index contributed by atoms with van der Waals surface area (Å²) >= 11 is 0. The zero-order valence-corrected chi connectivity index (χ0v) is 12.2. The zero-order valence-electron chi connectivity index (χ0n) is 12.2. The summed E-state index contributed by atoms with van der Waals surface area (Å²) in [7, 11) is 0. The minimum atomic E-state index is -0.873. The Bertz CT molecular complexity index is 581. The molecule has 4 N–H and O–H groups in total. The first-order chi connectivity index (χ1) is 10.8. The molecule has 0 amide bonds. The highest BCUT2D eigenvalue weighted by atomic mass is 16.5. The van der Waals surface area contributed by atoms with Gasteiger partial charge in [-0.3, -0.25) is 0 Å². The molecule has 22 heavy (non-hydrogen) atoms. The van der Waals surface area contributed by atoms with Crippen molar-refractivity contribution in [3.8, 4) is 11.4 Å². The summed E-state index contributed by atoms with van der Waals surface area (Å²) in [6.45, 7) is 3.39. The Hall–Kier alpha value is -1.87. The smallest absolute Gasteiger partial charge is 0.204 e. The van der Waals surface area contributed by atoms with E-state index in [0.29, 0.717) is 38.7 Å². The van der Waals surface area contributed by atoms with Crippen molar-refractivity contribution in [3.63, 3.8) is 0 Å². The Morgan fingerprint density at radius 1 is 1.41 bits per heavy atom. The van der Waals surface area contributed by atoms with Crippen LogP contribution in [-0.2, 0) is 11.3 Å². The van der Waals surface area contributed by atoms with E-state index in [9.17, 15) is 5.11 Å². The Morgan fingerprint density at radius 3 is 3.23 bits per heavy atom. The number of benzene rings is 1. The van der Waals surface area contributed by atoms with E-state index < -0.39 is 5.60 Å². The van der Waals surface area contributed by atoms with Gasteiger partial charge in [0.1, 0.15) is 5.60 Å². The van der Waals surface area contributed by atoms with Gasteiger partial charge in [0.05, 0.1) is 13.2 Å². The maximum Gasteiger partial charge on any atom is 0.204 e. The van der Waals surface area contributed by atoms with Gasteiger partial charge in [0.2, 0.25) is 5.82 Å². The van der Waals surface area contributed by atoms with Crippen LogP contribution in [0.1, 0.15) is 5.56 Å². The van der Waals surface area contributed by atoms with Crippen molar-refractivity contribution in [2.24, 2.45) is 0 Å². The van der Waals surface area contributed by atoms with Crippen molar-refractivity contribution < 1.29 is 9.84 Å². The highest BCUT2D eigenvalue weighted by molar-refractivity contribution is 5.54. The van der Waals surface area contributed by atoms with Gasteiger partial charge in [-0.1, -0.05) is 18.2 Å². The van der Waals surface area contributed by atoms with Gasteiger partial charge in [0, 0.05) is 31.7 Å². The number of hydrogen-bond acceptors (Lipinski definition) is 7. The lowest BCUT2D eigenvalue weighted by Crippen LogP contribution is -2.50. The lowest BCUT2D eigenvalue weighted by molar-refractivity contribution is -0.0264. The second-order valence-electron chi connectivity index (χ2n) is 5.49. The topological polar surface area (TPSA) is 108 Å². The number of tetrazole rings is 1. The van der Waals surface area contributed by atoms with E-state index in [4.69, 9.17) is 4.74 Å². The maximum atomic E-state index is 10.5. The third-order valence-electron chi connectivity index (χ3n) is 3.56. The Morgan fingerprint density at radius 2 is 2.36 bits per heavy atom. The number of hydrogen-bond donors (Lipinski definition) is 4.